The average molecular weight is 491 g/mol. The fourth-order valence-corrected chi connectivity index (χ4v) is 5.32. The number of amides is 1. The highest BCUT2D eigenvalue weighted by Gasteiger charge is 2.43. The molecule has 0 bridgehead atoms. The lowest BCUT2D eigenvalue weighted by atomic mass is 9.99. The third-order valence-electron chi connectivity index (χ3n) is 4.12. The van der Waals surface area contributed by atoms with Gasteiger partial charge >= 0.3 is 0 Å². The lowest BCUT2D eigenvalue weighted by Gasteiger charge is -2.35. The van der Waals surface area contributed by atoms with Crippen LogP contribution in [0, 0.1) is 0 Å². The summed E-state index contributed by atoms with van der Waals surface area (Å²) >= 11 is 9.84. The molecule has 0 spiro atoms. The summed E-state index contributed by atoms with van der Waals surface area (Å²) in [5, 5.41) is 6.90. The van der Waals surface area contributed by atoms with Gasteiger partial charge in [0.2, 0.25) is 10.0 Å². The van der Waals surface area contributed by atoms with Crippen LogP contribution in [0.25, 0.3) is 0 Å². The predicted molar refractivity (Wildman–Crippen MR) is 114 cm³/mol. The molecule has 0 saturated carbocycles. The van der Waals surface area contributed by atoms with Gasteiger partial charge in [-0.1, -0.05) is 18.2 Å². The maximum Gasteiger partial charge on any atom is 0.257 e. The summed E-state index contributed by atoms with van der Waals surface area (Å²) in [4.78, 5) is 16.7. The molecule has 2 aromatic rings. The monoisotopic (exact) mass is 490 g/mol. The van der Waals surface area contributed by atoms with Gasteiger partial charge in [-0.15, -0.1) is 11.3 Å². The van der Waals surface area contributed by atoms with Gasteiger partial charge < -0.3 is 5.32 Å². The molecule has 0 aliphatic heterocycles. The Morgan fingerprint density at radius 1 is 1.33 bits per heavy atom. The van der Waals surface area contributed by atoms with Crippen LogP contribution in [0.2, 0.25) is 0 Å². The van der Waals surface area contributed by atoms with Crippen molar-refractivity contribution in [3.63, 3.8) is 0 Å². The van der Waals surface area contributed by atoms with E-state index < -0.39 is 20.8 Å². The van der Waals surface area contributed by atoms with Crippen LogP contribution in [0.3, 0.4) is 0 Å². The Hall–Kier alpha value is -1.40. The van der Waals surface area contributed by atoms with Gasteiger partial charge in [-0.05, 0) is 61.2 Å². The first-order chi connectivity index (χ1) is 12.6. The molecule has 0 saturated heterocycles. The van der Waals surface area contributed by atoms with Crippen LogP contribution >= 0.6 is 39.5 Å². The van der Waals surface area contributed by atoms with E-state index in [2.05, 4.69) is 36.3 Å². The molecule has 0 aliphatic rings. The van der Waals surface area contributed by atoms with Crippen molar-refractivity contribution in [3.05, 3.63) is 50.9 Å². The number of halogens is 1. The molecule has 2 rings (SSSR count). The molecule has 2 atom stereocenters. The van der Waals surface area contributed by atoms with E-state index in [9.17, 15) is 13.2 Å². The summed E-state index contributed by atoms with van der Waals surface area (Å²) in [6, 6.07) is 8.59. The first kappa shape index (κ1) is 21.9. The number of carbonyl (C=O) groups is 1. The second kappa shape index (κ2) is 8.74. The van der Waals surface area contributed by atoms with Crippen molar-refractivity contribution in [3.8, 4) is 0 Å². The zero-order chi connectivity index (χ0) is 20.2. The molecule has 0 fully saturated rings. The summed E-state index contributed by atoms with van der Waals surface area (Å²) < 4.78 is 27.8. The molecular formula is C16H19BrN4O3S3. The highest BCUT2D eigenvalue weighted by molar-refractivity contribution is 9.10. The first-order valence-corrected chi connectivity index (χ1v) is 11.5. The largest absolute Gasteiger partial charge is 0.349 e. The number of sulfonamides is 1. The standard InChI is InChI=1S/C16H19BrN4O3S3/c1-10(27(23,24)18-3)16(2,14-19-12(17)9-26-14)21-15(25)20-13(22)11-7-5-4-6-8-11/h4-10,18H,1-3H3,(H2,20,21,22,25). The van der Waals surface area contributed by atoms with Gasteiger partial charge in [-0.2, -0.15) is 0 Å². The Bertz CT molecular complexity index is 933. The molecule has 1 aromatic heterocycles. The molecule has 1 amide bonds. The molecule has 2 unspecified atom stereocenters. The molecule has 0 aliphatic carbocycles. The van der Waals surface area contributed by atoms with E-state index in [1.807, 2.05) is 0 Å². The van der Waals surface area contributed by atoms with Crippen molar-refractivity contribution in [1.29, 1.82) is 0 Å². The Kier molecular flexibility index (Phi) is 7.09. The number of hydrogen-bond donors (Lipinski definition) is 3. The second-order valence-corrected chi connectivity index (χ2v) is 10.1. The minimum Gasteiger partial charge on any atom is -0.349 e. The van der Waals surface area contributed by atoms with E-state index in [1.165, 1.54) is 18.4 Å². The van der Waals surface area contributed by atoms with E-state index in [-0.39, 0.29) is 11.0 Å². The number of thiazole rings is 1. The number of aromatic nitrogens is 1. The third-order valence-corrected chi connectivity index (χ3v) is 8.08. The quantitative estimate of drug-likeness (QED) is 0.537. The minimum atomic E-state index is -3.65. The van der Waals surface area contributed by atoms with Crippen molar-refractivity contribution in [2.75, 3.05) is 7.05 Å². The van der Waals surface area contributed by atoms with Crippen molar-refractivity contribution in [2.24, 2.45) is 0 Å². The van der Waals surface area contributed by atoms with Gasteiger partial charge in [0.15, 0.2) is 5.11 Å². The van der Waals surface area contributed by atoms with Crippen LogP contribution in [0.5, 0.6) is 0 Å². The summed E-state index contributed by atoms with van der Waals surface area (Å²) in [5.41, 5.74) is -0.726. The molecule has 1 heterocycles. The number of nitrogens with zero attached hydrogens (tertiary/aromatic N) is 1. The fraction of sp³-hybridized carbons (Fsp3) is 0.312. The zero-order valence-corrected chi connectivity index (χ0v) is 18.9. The number of benzene rings is 1. The normalized spacial score (nSPS) is 14.8. The number of hydrogen-bond acceptors (Lipinski definition) is 6. The number of carbonyl (C=O) groups excluding carboxylic acids is 1. The van der Waals surface area contributed by atoms with Gasteiger partial charge in [0.05, 0.1) is 0 Å². The zero-order valence-electron chi connectivity index (χ0n) is 14.8. The van der Waals surface area contributed by atoms with Crippen LogP contribution in [-0.2, 0) is 15.6 Å². The maximum absolute atomic E-state index is 12.4. The Balaban J connectivity index is 2.29. The van der Waals surface area contributed by atoms with Crippen LogP contribution in [0.1, 0.15) is 29.2 Å². The van der Waals surface area contributed by atoms with Crippen LogP contribution in [-0.4, -0.2) is 36.7 Å². The van der Waals surface area contributed by atoms with Crippen molar-refractivity contribution in [2.45, 2.75) is 24.6 Å². The second-order valence-electron chi connectivity index (χ2n) is 5.84. The molecule has 0 radical (unpaired) electrons. The van der Waals surface area contributed by atoms with Gasteiger partial charge in [-0.25, -0.2) is 18.1 Å². The molecule has 1 aromatic carbocycles. The molecule has 27 heavy (non-hydrogen) atoms. The number of rotatable bonds is 6. The van der Waals surface area contributed by atoms with Gasteiger partial charge in [0.1, 0.15) is 20.4 Å². The summed E-state index contributed by atoms with van der Waals surface area (Å²) in [6.45, 7) is 3.23. The van der Waals surface area contributed by atoms with E-state index in [0.717, 1.165) is 0 Å². The van der Waals surface area contributed by atoms with Crippen molar-refractivity contribution < 1.29 is 13.2 Å². The lowest BCUT2D eigenvalue weighted by molar-refractivity contribution is 0.0976. The van der Waals surface area contributed by atoms with Crippen molar-refractivity contribution >= 4 is 60.5 Å². The summed E-state index contributed by atoms with van der Waals surface area (Å²) in [6.07, 6.45) is 0. The molecule has 11 heteroatoms. The molecular weight excluding hydrogens is 472 g/mol. The Morgan fingerprint density at radius 3 is 2.48 bits per heavy atom. The van der Waals surface area contributed by atoms with Crippen LogP contribution in [0.15, 0.2) is 40.3 Å². The Labute approximate surface area is 176 Å². The summed E-state index contributed by atoms with van der Waals surface area (Å²) in [5.74, 6) is -0.389. The smallest absolute Gasteiger partial charge is 0.257 e. The van der Waals surface area contributed by atoms with E-state index >= 15 is 0 Å². The highest BCUT2D eigenvalue weighted by atomic mass is 79.9. The van der Waals surface area contributed by atoms with E-state index in [0.29, 0.717) is 15.2 Å². The number of thiocarbonyl (C=S) groups is 1. The van der Waals surface area contributed by atoms with Crippen LogP contribution < -0.4 is 15.4 Å². The summed E-state index contributed by atoms with van der Waals surface area (Å²) in [7, 11) is -2.31. The van der Waals surface area contributed by atoms with Crippen molar-refractivity contribution in [1.82, 2.24) is 20.3 Å². The van der Waals surface area contributed by atoms with Gasteiger partial charge in [0, 0.05) is 10.9 Å². The lowest BCUT2D eigenvalue weighted by Crippen LogP contribution is -2.58. The van der Waals surface area contributed by atoms with Gasteiger partial charge in [-0.3, -0.25) is 10.1 Å². The highest BCUT2D eigenvalue weighted by Crippen LogP contribution is 2.32. The SMILES string of the molecule is CNS(=O)(=O)C(C)C(C)(NC(=S)NC(=O)c1ccccc1)c1nc(Br)cs1. The van der Waals surface area contributed by atoms with Gasteiger partial charge in [0.25, 0.3) is 5.91 Å². The fourth-order valence-electron chi connectivity index (χ4n) is 2.34. The predicted octanol–water partition coefficient (Wildman–Crippen LogP) is 2.36. The molecule has 146 valence electrons. The van der Waals surface area contributed by atoms with E-state index in [4.69, 9.17) is 12.2 Å². The molecule has 3 N–H and O–H groups in total. The van der Waals surface area contributed by atoms with Crippen LogP contribution in [0.4, 0.5) is 0 Å². The Morgan fingerprint density at radius 2 is 1.96 bits per heavy atom. The topological polar surface area (TPSA) is 100 Å². The third kappa shape index (κ3) is 5.11. The maximum atomic E-state index is 12.4. The minimum absolute atomic E-state index is 0.0100. The molecule has 7 nitrogen and oxygen atoms in total. The average Bonchev–Trinajstić information content (AvgIpc) is 3.08. The first-order valence-electron chi connectivity index (χ1n) is 7.82. The number of nitrogens with one attached hydrogen (secondary N) is 3. The van der Waals surface area contributed by atoms with E-state index in [1.54, 1.807) is 49.6 Å².